The highest BCUT2D eigenvalue weighted by Crippen LogP contribution is 2.37. The molecule has 2 aliphatic rings. The lowest BCUT2D eigenvalue weighted by atomic mass is 9.92. The fourth-order valence-corrected chi connectivity index (χ4v) is 3.84. The summed E-state index contributed by atoms with van der Waals surface area (Å²) in [6.07, 6.45) is 4.23. The molecule has 0 amide bonds. The molecule has 0 unspecified atom stereocenters. The number of aromatic nitrogens is 1. The maximum atomic E-state index is 6.03. The Kier molecular flexibility index (Phi) is 4.37. The normalized spacial score (nSPS) is 23.0. The van der Waals surface area contributed by atoms with Gasteiger partial charge in [-0.3, -0.25) is 0 Å². The summed E-state index contributed by atoms with van der Waals surface area (Å²) in [7, 11) is 0. The van der Waals surface area contributed by atoms with E-state index in [9.17, 15) is 0 Å². The van der Waals surface area contributed by atoms with Crippen molar-refractivity contribution >= 4 is 11.3 Å². The van der Waals surface area contributed by atoms with Crippen LogP contribution in [0.15, 0.2) is 5.38 Å². The van der Waals surface area contributed by atoms with Crippen LogP contribution in [0.3, 0.4) is 0 Å². The van der Waals surface area contributed by atoms with E-state index in [1.54, 1.807) is 11.3 Å². The molecule has 0 radical (unpaired) electrons. The molecule has 0 atom stereocenters. The quantitative estimate of drug-likeness (QED) is 0.854. The fraction of sp³-hybridized carbons (Fsp3) is 0.812. The zero-order valence-electron chi connectivity index (χ0n) is 13.2. The second-order valence-electron chi connectivity index (χ2n) is 6.99. The second-order valence-corrected chi connectivity index (χ2v) is 7.94. The van der Waals surface area contributed by atoms with Crippen LogP contribution >= 0.6 is 11.3 Å². The van der Waals surface area contributed by atoms with Gasteiger partial charge in [-0.2, -0.15) is 0 Å². The first kappa shape index (κ1) is 15.4. The number of hydrogen-bond donors (Lipinski definition) is 0. The minimum absolute atomic E-state index is 0.114. The molecule has 0 bridgehead atoms. The van der Waals surface area contributed by atoms with Crippen LogP contribution < -0.4 is 0 Å². The first-order valence-electron chi connectivity index (χ1n) is 7.81. The highest BCUT2D eigenvalue weighted by Gasteiger charge is 2.40. The number of rotatable bonds is 3. The minimum Gasteiger partial charge on any atom is -0.371 e. The van der Waals surface area contributed by atoms with Crippen molar-refractivity contribution in [2.24, 2.45) is 0 Å². The summed E-state index contributed by atoms with van der Waals surface area (Å²) < 4.78 is 17.5. The standard InChI is InChI=1S/C16H25NO3S/c1-15(2,3)13-11-21-14(17-13)10-18-12-4-6-16(7-5-12)19-8-9-20-16/h11-12H,4-10H2,1-3H3. The van der Waals surface area contributed by atoms with Crippen molar-refractivity contribution in [1.29, 1.82) is 0 Å². The van der Waals surface area contributed by atoms with Gasteiger partial charge in [0.15, 0.2) is 5.79 Å². The van der Waals surface area contributed by atoms with Crippen LogP contribution in [0, 0.1) is 0 Å². The molecule has 4 nitrogen and oxygen atoms in total. The van der Waals surface area contributed by atoms with E-state index in [0.717, 1.165) is 49.6 Å². The van der Waals surface area contributed by atoms with Crippen LogP contribution in [0.5, 0.6) is 0 Å². The monoisotopic (exact) mass is 311 g/mol. The Bertz CT molecular complexity index is 464. The average molecular weight is 311 g/mol. The molecule has 1 aliphatic heterocycles. The van der Waals surface area contributed by atoms with Crippen LogP contribution in [0.25, 0.3) is 0 Å². The van der Waals surface area contributed by atoms with E-state index in [1.807, 2.05) is 0 Å². The molecular weight excluding hydrogens is 286 g/mol. The average Bonchev–Trinajstić information content (AvgIpc) is 3.07. The van der Waals surface area contributed by atoms with Crippen LogP contribution in [0.4, 0.5) is 0 Å². The Balaban J connectivity index is 1.47. The van der Waals surface area contributed by atoms with Crippen LogP contribution in [0.1, 0.15) is 57.2 Å². The van der Waals surface area contributed by atoms with Gasteiger partial charge < -0.3 is 14.2 Å². The Labute approximate surface area is 130 Å². The molecule has 3 rings (SSSR count). The molecule has 1 spiro atoms. The van der Waals surface area contributed by atoms with Crippen molar-refractivity contribution in [2.75, 3.05) is 13.2 Å². The molecule has 1 saturated heterocycles. The highest BCUT2D eigenvalue weighted by atomic mass is 32.1. The molecule has 0 N–H and O–H groups in total. The first-order valence-corrected chi connectivity index (χ1v) is 8.69. The molecule has 1 aromatic heterocycles. The molecule has 118 valence electrons. The largest absolute Gasteiger partial charge is 0.371 e. The van der Waals surface area contributed by atoms with Gasteiger partial charge in [0.05, 0.1) is 31.6 Å². The van der Waals surface area contributed by atoms with E-state index in [2.05, 4.69) is 31.1 Å². The van der Waals surface area contributed by atoms with E-state index >= 15 is 0 Å². The summed E-state index contributed by atoms with van der Waals surface area (Å²) >= 11 is 1.70. The third kappa shape index (κ3) is 3.65. The van der Waals surface area contributed by atoms with E-state index in [-0.39, 0.29) is 11.2 Å². The van der Waals surface area contributed by atoms with Gasteiger partial charge in [0.25, 0.3) is 0 Å². The molecule has 5 heteroatoms. The number of nitrogens with zero attached hydrogens (tertiary/aromatic N) is 1. The lowest BCUT2D eigenvalue weighted by Gasteiger charge is -2.35. The molecule has 1 aliphatic carbocycles. The van der Waals surface area contributed by atoms with Gasteiger partial charge >= 0.3 is 0 Å². The van der Waals surface area contributed by atoms with Crippen LogP contribution in [-0.2, 0) is 26.2 Å². The minimum atomic E-state index is -0.291. The zero-order chi connectivity index (χ0) is 14.9. The number of ether oxygens (including phenoxy) is 3. The summed E-state index contributed by atoms with van der Waals surface area (Å²) in [6, 6.07) is 0. The number of hydrogen-bond acceptors (Lipinski definition) is 5. The van der Waals surface area contributed by atoms with Gasteiger partial charge in [-0.25, -0.2) is 4.98 Å². The first-order chi connectivity index (χ1) is 9.97. The zero-order valence-corrected chi connectivity index (χ0v) is 14.0. The Morgan fingerprint density at radius 2 is 1.95 bits per heavy atom. The van der Waals surface area contributed by atoms with Crippen molar-refractivity contribution in [3.63, 3.8) is 0 Å². The predicted octanol–water partition coefficient (Wildman–Crippen LogP) is 3.64. The highest BCUT2D eigenvalue weighted by molar-refractivity contribution is 7.09. The lowest BCUT2D eigenvalue weighted by Crippen LogP contribution is -2.37. The Morgan fingerprint density at radius 1 is 1.29 bits per heavy atom. The molecule has 2 heterocycles. The van der Waals surface area contributed by atoms with E-state index in [1.165, 1.54) is 0 Å². The van der Waals surface area contributed by atoms with Crippen LogP contribution in [-0.4, -0.2) is 30.1 Å². The topological polar surface area (TPSA) is 40.6 Å². The van der Waals surface area contributed by atoms with E-state index < -0.39 is 0 Å². The van der Waals surface area contributed by atoms with Crippen molar-refractivity contribution < 1.29 is 14.2 Å². The van der Waals surface area contributed by atoms with Gasteiger partial charge in [0, 0.05) is 23.6 Å². The summed E-state index contributed by atoms with van der Waals surface area (Å²) in [4.78, 5) is 4.68. The van der Waals surface area contributed by atoms with Gasteiger partial charge in [0.2, 0.25) is 0 Å². The summed E-state index contributed by atoms with van der Waals surface area (Å²) in [5.41, 5.74) is 1.27. The van der Waals surface area contributed by atoms with Crippen molar-refractivity contribution in [2.45, 2.75) is 70.4 Å². The predicted molar refractivity (Wildman–Crippen MR) is 82.5 cm³/mol. The molecule has 1 aromatic rings. The third-order valence-electron chi connectivity index (χ3n) is 4.27. The van der Waals surface area contributed by atoms with Gasteiger partial charge in [-0.15, -0.1) is 11.3 Å². The smallest absolute Gasteiger partial charge is 0.168 e. The summed E-state index contributed by atoms with van der Waals surface area (Å²) in [5.74, 6) is -0.291. The third-order valence-corrected chi connectivity index (χ3v) is 5.09. The number of thiazole rings is 1. The van der Waals surface area contributed by atoms with Gasteiger partial charge in [0.1, 0.15) is 5.01 Å². The second kappa shape index (κ2) is 5.95. The van der Waals surface area contributed by atoms with Crippen LogP contribution in [0.2, 0.25) is 0 Å². The SMILES string of the molecule is CC(C)(C)c1csc(COC2CCC3(CC2)OCCO3)n1. The summed E-state index contributed by atoms with van der Waals surface area (Å²) in [5, 5.41) is 3.22. The van der Waals surface area contributed by atoms with Gasteiger partial charge in [-0.05, 0) is 12.8 Å². The van der Waals surface area contributed by atoms with Crippen molar-refractivity contribution in [1.82, 2.24) is 4.98 Å². The Morgan fingerprint density at radius 3 is 2.52 bits per heavy atom. The molecule has 2 fully saturated rings. The van der Waals surface area contributed by atoms with Crippen molar-refractivity contribution in [3.8, 4) is 0 Å². The van der Waals surface area contributed by atoms with Gasteiger partial charge in [-0.1, -0.05) is 20.8 Å². The molecular formula is C16H25NO3S. The lowest BCUT2D eigenvalue weighted by molar-refractivity contribution is -0.192. The molecule has 21 heavy (non-hydrogen) atoms. The fourth-order valence-electron chi connectivity index (χ4n) is 2.89. The van der Waals surface area contributed by atoms with Crippen molar-refractivity contribution in [3.05, 3.63) is 16.1 Å². The van der Waals surface area contributed by atoms with E-state index in [0.29, 0.717) is 12.7 Å². The maximum Gasteiger partial charge on any atom is 0.168 e. The molecule has 0 aromatic carbocycles. The Hall–Kier alpha value is -0.490. The van der Waals surface area contributed by atoms with E-state index in [4.69, 9.17) is 14.2 Å². The molecule has 1 saturated carbocycles. The maximum absolute atomic E-state index is 6.03. The summed E-state index contributed by atoms with van der Waals surface area (Å²) in [6.45, 7) is 8.67.